The van der Waals surface area contributed by atoms with Crippen LogP contribution in [0, 0.1) is 0 Å². The van der Waals surface area contributed by atoms with Gasteiger partial charge < -0.3 is 4.90 Å². The molecule has 0 aromatic heterocycles. The lowest BCUT2D eigenvalue weighted by Gasteiger charge is -2.25. The highest BCUT2D eigenvalue weighted by Gasteiger charge is 2.52. The zero-order valence-corrected chi connectivity index (χ0v) is 15.2. The van der Waals surface area contributed by atoms with Gasteiger partial charge in [-0.3, -0.25) is 4.79 Å². The molecule has 1 aliphatic carbocycles. The number of hydrogen-bond donors (Lipinski definition) is 0. The fourth-order valence-electron chi connectivity index (χ4n) is 3.16. The molecule has 132 valence electrons. The van der Waals surface area contributed by atoms with Crippen molar-refractivity contribution < 1.29 is 18.0 Å². The standard InChI is InChI=1S/C19H17BrF3NO/c1-24(12-13-5-2-3-8-16(13)19(21,22)23)17(25)18(9-10-18)14-6-4-7-15(20)11-14/h2-8,11H,9-10,12H2,1H3. The minimum absolute atomic E-state index is 0.0652. The minimum atomic E-state index is -4.43. The van der Waals surface area contributed by atoms with Crippen molar-refractivity contribution in [2.75, 3.05) is 7.05 Å². The smallest absolute Gasteiger partial charge is 0.341 e. The Morgan fingerprint density at radius 1 is 1.16 bits per heavy atom. The first-order chi connectivity index (χ1) is 11.7. The first kappa shape index (κ1) is 18.0. The SMILES string of the molecule is CN(Cc1ccccc1C(F)(F)F)C(=O)C1(c2cccc(Br)c2)CC1. The van der Waals surface area contributed by atoms with Crippen LogP contribution in [0.3, 0.4) is 0 Å². The average Bonchev–Trinajstić information content (AvgIpc) is 3.35. The van der Waals surface area contributed by atoms with Gasteiger partial charge in [-0.05, 0) is 42.2 Å². The number of hydrogen-bond acceptors (Lipinski definition) is 1. The summed E-state index contributed by atoms with van der Waals surface area (Å²) in [5.41, 5.74) is -0.285. The summed E-state index contributed by atoms with van der Waals surface area (Å²) >= 11 is 3.40. The monoisotopic (exact) mass is 411 g/mol. The molecule has 25 heavy (non-hydrogen) atoms. The van der Waals surface area contributed by atoms with Gasteiger partial charge in [0.1, 0.15) is 0 Å². The maximum atomic E-state index is 13.1. The van der Waals surface area contributed by atoms with E-state index < -0.39 is 17.2 Å². The van der Waals surface area contributed by atoms with Crippen molar-refractivity contribution in [3.8, 4) is 0 Å². The van der Waals surface area contributed by atoms with Crippen molar-refractivity contribution in [2.24, 2.45) is 0 Å². The number of nitrogens with zero attached hydrogens (tertiary/aromatic N) is 1. The van der Waals surface area contributed by atoms with Crippen LogP contribution in [0.5, 0.6) is 0 Å². The highest BCUT2D eigenvalue weighted by molar-refractivity contribution is 9.10. The molecule has 0 heterocycles. The zero-order chi connectivity index (χ0) is 18.2. The second kappa shape index (κ2) is 6.48. The number of rotatable bonds is 4. The van der Waals surface area contributed by atoms with Crippen LogP contribution >= 0.6 is 15.9 Å². The predicted molar refractivity (Wildman–Crippen MR) is 93.0 cm³/mol. The minimum Gasteiger partial charge on any atom is -0.341 e. The molecule has 6 heteroatoms. The van der Waals surface area contributed by atoms with E-state index in [4.69, 9.17) is 0 Å². The third-order valence-corrected chi connectivity index (χ3v) is 5.11. The first-order valence-corrected chi connectivity index (χ1v) is 8.70. The predicted octanol–water partition coefficient (Wildman–Crippen LogP) is 5.16. The van der Waals surface area contributed by atoms with Crippen molar-refractivity contribution in [3.05, 3.63) is 69.7 Å². The molecule has 2 aromatic carbocycles. The summed E-state index contributed by atoms with van der Waals surface area (Å²) in [6, 6.07) is 12.9. The van der Waals surface area contributed by atoms with Gasteiger partial charge in [0.15, 0.2) is 0 Å². The Balaban J connectivity index is 1.83. The van der Waals surface area contributed by atoms with Gasteiger partial charge in [-0.2, -0.15) is 13.2 Å². The number of carbonyl (C=O) groups excluding carboxylic acids is 1. The van der Waals surface area contributed by atoms with Gasteiger partial charge in [-0.15, -0.1) is 0 Å². The van der Waals surface area contributed by atoms with Crippen LogP contribution in [-0.4, -0.2) is 17.9 Å². The number of benzene rings is 2. The molecule has 0 unspecified atom stereocenters. The Bertz CT molecular complexity index is 799. The maximum Gasteiger partial charge on any atom is 0.416 e. The van der Waals surface area contributed by atoms with Crippen molar-refractivity contribution in [2.45, 2.75) is 31.0 Å². The Kier molecular flexibility index (Phi) is 4.66. The molecule has 0 radical (unpaired) electrons. The van der Waals surface area contributed by atoms with Gasteiger partial charge >= 0.3 is 6.18 Å². The Morgan fingerprint density at radius 3 is 2.44 bits per heavy atom. The molecule has 0 spiro atoms. The van der Waals surface area contributed by atoms with Gasteiger partial charge in [-0.1, -0.05) is 46.3 Å². The van der Waals surface area contributed by atoms with Crippen LogP contribution in [-0.2, 0) is 22.9 Å². The Hall–Kier alpha value is -1.82. The molecule has 1 aliphatic rings. The molecule has 1 amide bonds. The molecule has 1 fully saturated rings. The molecule has 1 saturated carbocycles. The van der Waals surface area contributed by atoms with Gasteiger partial charge in [0.25, 0.3) is 0 Å². The molecular formula is C19H17BrF3NO. The van der Waals surface area contributed by atoms with Gasteiger partial charge in [0.05, 0.1) is 11.0 Å². The van der Waals surface area contributed by atoms with Crippen molar-refractivity contribution in [1.29, 1.82) is 0 Å². The van der Waals surface area contributed by atoms with Crippen LogP contribution < -0.4 is 0 Å². The van der Waals surface area contributed by atoms with E-state index in [0.29, 0.717) is 12.8 Å². The second-order valence-corrected chi connectivity index (χ2v) is 7.32. The summed E-state index contributed by atoms with van der Waals surface area (Å²) in [5, 5.41) is 0. The summed E-state index contributed by atoms with van der Waals surface area (Å²) in [7, 11) is 1.56. The summed E-state index contributed by atoms with van der Waals surface area (Å²) in [4.78, 5) is 14.3. The van der Waals surface area contributed by atoms with E-state index in [0.717, 1.165) is 16.1 Å². The molecule has 0 saturated heterocycles. The van der Waals surface area contributed by atoms with Crippen LogP contribution in [0.15, 0.2) is 53.0 Å². The molecule has 0 aliphatic heterocycles. The van der Waals surface area contributed by atoms with Gasteiger partial charge in [0.2, 0.25) is 5.91 Å². The van der Waals surface area contributed by atoms with E-state index in [1.807, 2.05) is 24.3 Å². The number of halogens is 4. The Morgan fingerprint density at radius 2 is 1.84 bits per heavy atom. The van der Waals surface area contributed by atoms with E-state index in [2.05, 4.69) is 15.9 Å². The highest BCUT2D eigenvalue weighted by Crippen LogP contribution is 2.50. The quantitative estimate of drug-likeness (QED) is 0.680. The van der Waals surface area contributed by atoms with Crippen LogP contribution in [0.2, 0.25) is 0 Å². The van der Waals surface area contributed by atoms with Gasteiger partial charge in [0, 0.05) is 18.1 Å². The zero-order valence-electron chi connectivity index (χ0n) is 13.6. The summed E-state index contributed by atoms with van der Waals surface area (Å²) in [5.74, 6) is -0.137. The topological polar surface area (TPSA) is 20.3 Å². The highest BCUT2D eigenvalue weighted by atomic mass is 79.9. The van der Waals surface area contributed by atoms with Crippen molar-refractivity contribution in [1.82, 2.24) is 4.90 Å². The summed E-state index contributed by atoms with van der Waals surface area (Å²) in [6.07, 6.45) is -3.00. The summed E-state index contributed by atoms with van der Waals surface area (Å²) < 4.78 is 40.3. The second-order valence-electron chi connectivity index (χ2n) is 6.41. The average molecular weight is 412 g/mol. The van der Waals surface area contributed by atoms with Crippen molar-refractivity contribution >= 4 is 21.8 Å². The number of likely N-dealkylation sites (N-methyl/N-ethyl adjacent to an activating group) is 1. The molecular weight excluding hydrogens is 395 g/mol. The lowest BCUT2D eigenvalue weighted by Crippen LogP contribution is -2.36. The molecule has 3 rings (SSSR count). The largest absolute Gasteiger partial charge is 0.416 e. The lowest BCUT2D eigenvalue weighted by atomic mass is 9.94. The lowest BCUT2D eigenvalue weighted by molar-refractivity contribution is -0.140. The van der Waals surface area contributed by atoms with E-state index in [1.54, 1.807) is 13.1 Å². The number of amides is 1. The molecule has 0 N–H and O–H groups in total. The summed E-state index contributed by atoms with van der Waals surface area (Å²) in [6.45, 7) is -0.0652. The third-order valence-electron chi connectivity index (χ3n) is 4.61. The molecule has 2 aromatic rings. The van der Waals surface area contributed by atoms with Crippen LogP contribution in [0.25, 0.3) is 0 Å². The molecule has 0 bridgehead atoms. The molecule has 0 atom stereocenters. The normalized spacial score (nSPS) is 15.7. The van der Waals surface area contributed by atoms with E-state index in [9.17, 15) is 18.0 Å². The van der Waals surface area contributed by atoms with E-state index in [1.165, 1.54) is 17.0 Å². The van der Waals surface area contributed by atoms with Crippen LogP contribution in [0.4, 0.5) is 13.2 Å². The van der Waals surface area contributed by atoms with E-state index >= 15 is 0 Å². The first-order valence-electron chi connectivity index (χ1n) is 7.91. The van der Waals surface area contributed by atoms with E-state index in [-0.39, 0.29) is 18.0 Å². The maximum absolute atomic E-state index is 13.1. The fourth-order valence-corrected chi connectivity index (χ4v) is 3.56. The van der Waals surface area contributed by atoms with Crippen molar-refractivity contribution in [3.63, 3.8) is 0 Å². The molecule has 2 nitrogen and oxygen atoms in total. The number of alkyl halides is 3. The van der Waals surface area contributed by atoms with Crippen LogP contribution in [0.1, 0.15) is 29.5 Å². The fraction of sp³-hybridized carbons (Fsp3) is 0.316. The number of carbonyl (C=O) groups is 1. The van der Waals surface area contributed by atoms with Gasteiger partial charge in [-0.25, -0.2) is 0 Å². The Labute approximate surface area is 152 Å². The third kappa shape index (κ3) is 3.59.